The molecule has 0 aliphatic rings. The van der Waals surface area contributed by atoms with Crippen molar-refractivity contribution >= 4 is 5.97 Å². The molecular weight excluding hydrogens is 238 g/mol. The summed E-state index contributed by atoms with van der Waals surface area (Å²) in [5, 5.41) is 22.5. The van der Waals surface area contributed by atoms with Crippen molar-refractivity contribution in [3.63, 3.8) is 0 Å². The van der Waals surface area contributed by atoms with Gasteiger partial charge in [-0.25, -0.2) is 0 Å². The molecule has 0 saturated heterocycles. The lowest BCUT2D eigenvalue weighted by Gasteiger charge is -2.13. The van der Waals surface area contributed by atoms with Crippen molar-refractivity contribution in [3.05, 3.63) is 0 Å². The molecule has 0 aromatic heterocycles. The van der Waals surface area contributed by atoms with E-state index in [1.165, 1.54) is 19.6 Å². The molecule has 0 saturated carbocycles. The van der Waals surface area contributed by atoms with Crippen molar-refractivity contribution < 1.29 is 25.6 Å². The largest absolute Gasteiger partial charge is 0.481 e. The predicted molar refractivity (Wildman–Crippen MR) is 75.9 cm³/mol. The van der Waals surface area contributed by atoms with Gasteiger partial charge in [0.25, 0.3) is 5.97 Å². The minimum Gasteiger partial charge on any atom is -0.481 e. The van der Waals surface area contributed by atoms with Gasteiger partial charge in [0.05, 0.1) is 0 Å². The highest BCUT2D eigenvalue weighted by molar-refractivity contribution is 5.62. The maximum Gasteiger partial charge on any atom is 0.300 e. The van der Waals surface area contributed by atoms with Crippen LogP contribution in [0.5, 0.6) is 0 Å². The predicted octanol–water partition coefficient (Wildman–Crippen LogP) is 0.610. The van der Waals surface area contributed by atoms with Crippen LogP contribution < -0.4 is 0 Å². The van der Waals surface area contributed by atoms with E-state index in [0.29, 0.717) is 0 Å². The molecule has 116 valence electrons. The molecule has 0 aromatic carbocycles. The maximum atomic E-state index is 9.00. The molecule has 18 heavy (non-hydrogen) atoms. The zero-order valence-corrected chi connectivity index (χ0v) is 12.9. The van der Waals surface area contributed by atoms with Crippen LogP contribution in [0.4, 0.5) is 0 Å². The van der Waals surface area contributed by atoms with Crippen LogP contribution in [0.15, 0.2) is 0 Å². The molecule has 0 aromatic rings. The molecule has 0 aliphatic heterocycles. The normalized spacial score (nSPS) is 7.72. The molecule has 6 nitrogen and oxygen atoms in total. The summed E-state index contributed by atoms with van der Waals surface area (Å²) in [5.74, 6) is -0.833. The quantitative estimate of drug-likeness (QED) is 0.696. The second-order valence-corrected chi connectivity index (χ2v) is 3.23. The Hall–Kier alpha value is -0.690. The van der Waals surface area contributed by atoms with Crippen LogP contribution >= 0.6 is 0 Å². The van der Waals surface area contributed by atoms with Crippen LogP contribution in [0.3, 0.4) is 0 Å². The number of aliphatic carboxylic acids is 1. The maximum absolute atomic E-state index is 9.00. The van der Waals surface area contributed by atoms with Gasteiger partial charge < -0.3 is 25.7 Å². The van der Waals surface area contributed by atoms with Gasteiger partial charge in [0.1, 0.15) is 0 Å². The fourth-order valence-electron chi connectivity index (χ4n) is 0.671. The smallest absolute Gasteiger partial charge is 0.300 e. The average Bonchev–Trinajstić information content (AvgIpc) is 2.22. The molecule has 0 radical (unpaired) electrons. The van der Waals surface area contributed by atoms with Gasteiger partial charge in [0, 0.05) is 20.1 Å². The van der Waals surface area contributed by atoms with Gasteiger partial charge in [-0.15, -0.1) is 0 Å². The van der Waals surface area contributed by atoms with Crippen molar-refractivity contribution in [2.24, 2.45) is 0 Å². The first-order valence-corrected chi connectivity index (χ1v) is 5.86. The fraction of sp³-hybridized carbons (Fsp3) is 0.917. The first-order valence-electron chi connectivity index (χ1n) is 5.86. The zero-order chi connectivity index (χ0) is 14.9. The van der Waals surface area contributed by atoms with Crippen LogP contribution in [0, 0.1) is 0 Å². The van der Waals surface area contributed by atoms with Crippen LogP contribution in [0.1, 0.15) is 41.5 Å². The summed E-state index contributed by atoms with van der Waals surface area (Å²) in [6.07, 6.45) is -0.167. The topological polar surface area (TPSA) is 112 Å². The van der Waals surface area contributed by atoms with Crippen LogP contribution in [-0.4, -0.2) is 64.5 Å². The number of nitrogens with zero attached hydrogens (tertiary/aromatic N) is 1. The van der Waals surface area contributed by atoms with E-state index in [1.807, 2.05) is 0 Å². The van der Waals surface area contributed by atoms with E-state index in [0.717, 1.165) is 14.0 Å². The summed E-state index contributed by atoms with van der Waals surface area (Å²) in [6.45, 7) is 14.7. The van der Waals surface area contributed by atoms with E-state index >= 15 is 0 Å². The Morgan fingerprint density at radius 2 is 1.17 bits per heavy atom. The number of carbonyl (C=O) groups is 1. The first kappa shape index (κ1) is 30.4. The molecule has 6 heteroatoms. The summed E-state index contributed by atoms with van der Waals surface area (Å²) >= 11 is 0. The summed E-state index contributed by atoms with van der Waals surface area (Å²) < 4.78 is 0. The second kappa shape index (κ2) is 29.9. The van der Waals surface area contributed by atoms with E-state index in [1.54, 1.807) is 13.8 Å². The van der Waals surface area contributed by atoms with Gasteiger partial charge in [-0.3, -0.25) is 4.79 Å². The van der Waals surface area contributed by atoms with E-state index < -0.39 is 5.97 Å². The van der Waals surface area contributed by atoms with Gasteiger partial charge >= 0.3 is 0 Å². The van der Waals surface area contributed by atoms with E-state index in [-0.39, 0.29) is 11.6 Å². The van der Waals surface area contributed by atoms with E-state index in [9.17, 15) is 0 Å². The Labute approximate surface area is 112 Å². The van der Waals surface area contributed by atoms with Crippen molar-refractivity contribution in [2.75, 3.05) is 26.7 Å². The van der Waals surface area contributed by atoms with Gasteiger partial charge in [-0.2, -0.15) is 0 Å². The molecule has 0 fully saturated rings. The van der Waals surface area contributed by atoms with Crippen LogP contribution in [0.25, 0.3) is 0 Å². The standard InChI is InChI=1S/C6H15N.C3H8O.C2H4O2.CH4O.H2O/c1-4-7(5-2)6-3;1-3(2)4;1-2(3)4;1-2;/h4-6H2,1-3H3;3-4H,1-2H3;1H3,(H,3,4);2H,1H3;1H2. The number of carboxylic acid groups (broad SMARTS) is 1. The van der Waals surface area contributed by atoms with E-state index in [2.05, 4.69) is 25.7 Å². The van der Waals surface area contributed by atoms with Crippen molar-refractivity contribution in [1.29, 1.82) is 0 Å². The highest BCUT2D eigenvalue weighted by Gasteiger charge is 1.89. The van der Waals surface area contributed by atoms with Crippen molar-refractivity contribution in [2.45, 2.75) is 47.6 Å². The van der Waals surface area contributed by atoms with Gasteiger partial charge in [0.15, 0.2) is 0 Å². The van der Waals surface area contributed by atoms with Crippen molar-refractivity contribution in [3.8, 4) is 0 Å². The summed E-state index contributed by atoms with van der Waals surface area (Å²) in [6, 6.07) is 0. The number of hydrogen-bond acceptors (Lipinski definition) is 4. The third-order valence-corrected chi connectivity index (χ3v) is 1.34. The number of aliphatic hydroxyl groups excluding tert-OH is 2. The fourth-order valence-corrected chi connectivity index (χ4v) is 0.671. The Morgan fingerprint density at radius 3 is 1.17 bits per heavy atom. The third-order valence-electron chi connectivity index (χ3n) is 1.34. The van der Waals surface area contributed by atoms with Crippen LogP contribution in [0.2, 0.25) is 0 Å². The van der Waals surface area contributed by atoms with Crippen LogP contribution in [-0.2, 0) is 4.79 Å². The lowest BCUT2D eigenvalue weighted by molar-refractivity contribution is -0.134. The molecule has 0 atom stereocenters. The molecule has 0 aliphatic carbocycles. The molecule has 0 bridgehead atoms. The summed E-state index contributed by atoms with van der Waals surface area (Å²) in [4.78, 5) is 11.4. The van der Waals surface area contributed by atoms with Gasteiger partial charge in [-0.05, 0) is 33.5 Å². The van der Waals surface area contributed by atoms with Gasteiger partial charge in [0.2, 0.25) is 0 Å². The molecule has 0 rings (SSSR count). The second-order valence-electron chi connectivity index (χ2n) is 3.23. The Bertz CT molecular complexity index is 115. The number of carboxylic acids is 1. The number of hydrogen-bond donors (Lipinski definition) is 3. The molecular formula is C12H33NO5. The average molecular weight is 271 g/mol. The Kier molecular flexibility index (Phi) is 50.5. The third kappa shape index (κ3) is 111. The van der Waals surface area contributed by atoms with Crippen molar-refractivity contribution in [1.82, 2.24) is 4.90 Å². The number of rotatable bonds is 3. The molecule has 0 heterocycles. The highest BCUT2D eigenvalue weighted by Crippen LogP contribution is 1.81. The first-order chi connectivity index (χ1) is 7.81. The SMILES string of the molecule is CC(=O)O.CC(C)O.CCN(CC)CC.CO.O. The monoisotopic (exact) mass is 271 g/mol. The lowest BCUT2D eigenvalue weighted by Crippen LogP contribution is -2.21. The molecule has 0 spiro atoms. The molecule has 5 N–H and O–H groups in total. The Balaban J connectivity index is -0.0000000449. The molecule has 0 amide bonds. The zero-order valence-electron chi connectivity index (χ0n) is 12.9. The summed E-state index contributed by atoms with van der Waals surface area (Å²) in [7, 11) is 1.00. The van der Waals surface area contributed by atoms with Gasteiger partial charge in [-0.1, -0.05) is 20.8 Å². The minimum absolute atomic E-state index is 0. The van der Waals surface area contributed by atoms with E-state index in [4.69, 9.17) is 20.1 Å². The number of aliphatic hydroxyl groups is 2. The Morgan fingerprint density at radius 1 is 1.06 bits per heavy atom. The molecule has 0 unspecified atom stereocenters. The highest BCUT2D eigenvalue weighted by atomic mass is 16.4. The minimum atomic E-state index is -0.833. The summed E-state index contributed by atoms with van der Waals surface area (Å²) in [5.41, 5.74) is 0. The lowest BCUT2D eigenvalue weighted by atomic mass is 10.5.